The second-order valence-electron chi connectivity index (χ2n) is 4.18. The Morgan fingerprint density at radius 3 is 2.53 bits per heavy atom. The van der Waals surface area contributed by atoms with Crippen LogP contribution in [0.15, 0.2) is 18.2 Å². The van der Waals surface area contributed by atoms with E-state index in [1.165, 1.54) is 6.07 Å². The van der Waals surface area contributed by atoms with Gasteiger partial charge in [0, 0.05) is 10.7 Å². The van der Waals surface area contributed by atoms with Crippen LogP contribution in [0.25, 0.3) is 0 Å². The summed E-state index contributed by atoms with van der Waals surface area (Å²) in [5.74, 6) is -0.255. The Bertz CT molecular complexity index is 358. The van der Waals surface area contributed by atoms with Crippen molar-refractivity contribution < 1.29 is 9.13 Å². The van der Waals surface area contributed by atoms with Crippen molar-refractivity contribution in [2.45, 2.75) is 26.7 Å². The molecule has 0 N–H and O–H groups in total. The van der Waals surface area contributed by atoms with E-state index in [0.717, 1.165) is 18.2 Å². The zero-order chi connectivity index (χ0) is 12.9. The Kier molecular flexibility index (Phi) is 5.74. The first-order valence-electron chi connectivity index (χ1n) is 5.71. The van der Waals surface area contributed by atoms with Gasteiger partial charge >= 0.3 is 0 Å². The van der Waals surface area contributed by atoms with Crippen molar-refractivity contribution in [3.05, 3.63) is 29.0 Å². The molecule has 0 saturated heterocycles. The van der Waals surface area contributed by atoms with Crippen LogP contribution in [-0.4, -0.2) is 11.9 Å². The molecule has 0 aromatic heterocycles. The molecule has 1 rings (SSSR count). The van der Waals surface area contributed by atoms with Crippen molar-refractivity contribution in [2.24, 2.45) is 5.41 Å². The third kappa shape index (κ3) is 3.59. The molecule has 0 spiro atoms. The van der Waals surface area contributed by atoms with Gasteiger partial charge in [-0.3, -0.25) is 0 Å². The lowest BCUT2D eigenvalue weighted by Crippen LogP contribution is -2.29. The number of hydrogen-bond donors (Lipinski definition) is 0. The van der Waals surface area contributed by atoms with Gasteiger partial charge in [-0.15, -0.1) is 0 Å². The number of alkyl halides is 1. The molecule has 0 radical (unpaired) electrons. The molecule has 1 aromatic rings. The molecular formula is C13H17BrClFO. The van der Waals surface area contributed by atoms with Crippen LogP contribution in [0.5, 0.6) is 5.75 Å². The van der Waals surface area contributed by atoms with Crippen LogP contribution in [0.3, 0.4) is 0 Å². The van der Waals surface area contributed by atoms with Crippen LogP contribution in [0, 0.1) is 11.2 Å². The lowest BCUT2D eigenvalue weighted by atomic mass is 9.86. The van der Waals surface area contributed by atoms with Crippen molar-refractivity contribution in [1.29, 1.82) is 0 Å². The first-order chi connectivity index (χ1) is 8.08. The Labute approximate surface area is 115 Å². The van der Waals surface area contributed by atoms with Crippen molar-refractivity contribution >= 4 is 27.5 Å². The van der Waals surface area contributed by atoms with Gasteiger partial charge in [-0.05, 0) is 25.0 Å². The van der Waals surface area contributed by atoms with Crippen molar-refractivity contribution in [1.82, 2.24) is 0 Å². The van der Waals surface area contributed by atoms with Gasteiger partial charge in [0.15, 0.2) is 11.6 Å². The first-order valence-corrected chi connectivity index (χ1v) is 7.21. The number of ether oxygens (including phenoxy) is 1. The maximum Gasteiger partial charge on any atom is 0.183 e. The van der Waals surface area contributed by atoms with E-state index in [1.54, 1.807) is 12.1 Å². The molecule has 1 aromatic carbocycles. The Morgan fingerprint density at radius 2 is 2.00 bits per heavy atom. The van der Waals surface area contributed by atoms with Crippen LogP contribution < -0.4 is 4.74 Å². The molecule has 0 amide bonds. The van der Waals surface area contributed by atoms with Gasteiger partial charge < -0.3 is 4.74 Å². The fourth-order valence-corrected chi connectivity index (χ4v) is 2.63. The van der Waals surface area contributed by atoms with E-state index in [4.69, 9.17) is 16.3 Å². The van der Waals surface area contributed by atoms with E-state index in [9.17, 15) is 4.39 Å². The molecule has 0 aliphatic rings. The van der Waals surface area contributed by atoms with Crippen LogP contribution in [0.1, 0.15) is 26.7 Å². The third-order valence-corrected chi connectivity index (χ3v) is 4.71. The van der Waals surface area contributed by atoms with E-state index in [2.05, 4.69) is 29.8 Å². The molecule has 1 nitrogen and oxygen atoms in total. The summed E-state index contributed by atoms with van der Waals surface area (Å²) in [7, 11) is 0. The van der Waals surface area contributed by atoms with E-state index in [0.29, 0.717) is 6.61 Å². The lowest BCUT2D eigenvalue weighted by molar-refractivity contribution is 0.153. The molecule has 17 heavy (non-hydrogen) atoms. The van der Waals surface area contributed by atoms with Crippen LogP contribution in [0.2, 0.25) is 5.02 Å². The van der Waals surface area contributed by atoms with Crippen molar-refractivity contribution in [2.75, 3.05) is 11.9 Å². The van der Waals surface area contributed by atoms with Crippen LogP contribution >= 0.6 is 27.5 Å². The standard InChI is InChI=1S/C13H17BrClFO/c1-3-13(4-2,8-14)9-17-11-7-5-6-10(15)12(11)16/h5-7H,3-4,8-9H2,1-2H3. The highest BCUT2D eigenvalue weighted by atomic mass is 79.9. The SMILES string of the molecule is CCC(CC)(CBr)COc1cccc(Cl)c1F. The molecular weight excluding hydrogens is 306 g/mol. The van der Waals surface area contributed by atoms with Gasteiger partial charge in [0.05, 0.1) is 11.6 Å². The van der Waals surface area contributed by atoms with Gasteiger partial charge in [-0.2, -0.15) is 0 Å². The first kappa shape index (κ1) is 14.8. The summed E-state index contributed by atoms with van der Waals surface area (Å²) in [5, 5.41) is 0.940. The van der Waals surface area contributed by atoms with E-state index < -0.39 is 5.82 Å². The Morgan fingerprint density at radius 1 is 1.35 bits per heavy atom. The molecule has 0 heterocycles. The summed E-state index contributed by atoms with van der Waals surface area (Å²) < 4.78 is 19.2. The van der Waals surface area contributed by atoms with Crippen molar-refractivity contribution in [3.8, 4) is 5.75 Å². The third-order valence-electron chi connectivity index (χ3n) is 3.23. The molecule has 0 atom stereocenters. The summed E-state index contributed by atoms with van der Waals surface area (Å²) >= 11 is 9.20. The second kappa shape index (κ2) is 6.60. The van der Waals surface area contributed by atoms with Gasteiger partial charge in [0.25, 0.3) is 0 Å². The highest BCUT2D eigenvalue weighted by molar-refractivity contribution is 9.09. The Balaban J connectivity index is 2.75. The van der Waals surface area contributed by atoms with Crippen molar-refractivity contribution in [3.63, 3.8) is 0 Å². The maximum atomic E-state index is 13.6. The zero-order valence-electron chi connectivity index (χ0n) is 10.1. The summed E-state index contributed by atoms with van der Waals surface area (Å²) in [5.41, 5.74) is 0.0504. The molecule has 96 valence electrons. The number of hydrogen-bond acceptors (Lipinski definition) is 1. The summed E-state index contributed by atoms with van der Waals surface area (Å²) in [6, 6.07) is 4.81. The molecule has 0 bridgehead atoms. The summed E-state index contributed by atoms with van der Waals surface area (Å²) in [6.45, 7) is 4.72. The fourth-order valence-electron chi connectivity index (χ4n) is 1.51. The molecule has 4 heteroatoms. The average Bonchev–Trinajstić information content (AvgIpc) is 2.36. The van der Waals surface area contributed by atoms with Crippen LogP contribution in [0.4, 0.5) is 4.39 Å². The quantitative estimate of drug-likeness (QED) is 0.665. The molecule has 0 unspecified atom stereocenters. The Hall–Kier alpha value is -0.280. The number of benzene rings is 1. The van der Waals surface area contributed by atoms with Gasteiger partial charge in [-0.1, -0.05) is 47.4 Å². The van der Waals surface area contributed by atoms with Gasteiger partial charge in [-0.25, -0.2) is 4.39 Å². The molecule has 0 saturated carbocycles. The van der Waals surface area contributed by atoms with E-state index in [1.807, 2.05) is 0 Å². The lowest BCUT2D eigenvalue weighted by Gasteiger charge is -2.29. The minimum absolute atomic E-state index is 0.0504. The zero-order valence-corrected chi connectivity index (χ0v) is 12.4. The average molecular weight is 324 g/mol. The predicted octanol–water partition coefficient (Wildman–Crippen LogP) is 5.06. The highest BCUT2D eigenvalue weighted by Gasteiger charge is 2.26. The van der Waals surface area contributed by atoms with E-state index in [-0.39, 0.29) is 16.2 Å². The second-order valence-corrected chi connectivity index (χ2v) is 5.15. The van der Waals surface area contributed by atoms with Crippen LogP contribution in [-0.2, 0) is 0 Å². The molecule has 0 aliphatic carbocycles. The van der Waals surface area contributed by atoms with Gasteiger partial charge in [0.1, 0.15) is 0 Å². The number of halogens is 3. The topological polar surface area (TPSA) is 9.23 Å². The predicted molar refractivity (Wildman–Crippen MR) is 73.7 cm³/mol. The largest absolute Gasteiger partial charge is 0.490 e. The monoisotopic (exact) mass is 322 g/mol. The normalized spacial score (nSPS) is 11.6. The summed E-state index contributed by atoms with van der Waals surface area (Å²) in [6.07, 6.45) is 1.97. The molecule has 0 aliphatic heterocycles. The fraction of sp³-hybridized carbons (Fsp3) is 0.538. The van der Waals surface area contributed by atoms with E-state index >= 15 is 0 Å². The minimum atomic E-state index is -0.482. The maximum absolute atomic E-state index is 13.6. The molecule has 0 fully saturated rings. The van der Waals surface area contributed by atoms with Gasteiger partial charge in [0.2, 0.25) is 0 Å². The smallest absolute Gasteiger partial charge is 0.183 e. The summed E-state index contributed by atoms with van der Waals surface area (Å²) in [4.78, 5) is 0. The number of rotatable bonds is 6. The highest BCUT2D eigenvalue weighted by Crippen LogP contribution is 2.31. The minimum Gasteiger partial charge on any atom is -0.490 e.